The third kappa shape index (κ3) is 10.3. The number of imidazole rings is 1. The highest BCUT2D eigenvalue weighted by Crippen LogP contribution is 2.36. The van der Waals surface area contributed by atoms with Crippen molar-refractivity contribution < 1.29 is 42.9 Å². The van der Waals surface area contributed by atoms with Crippen LogP contribution in [0.4, 0.5) is 5.82 Å². The van der Waals surface area contributed by atoms with Gasteiger partial charge in [0.1, 0.15) is 24.2 Å². The largest absolute Gasteiger partial charge is 0.466 e. The second-order valence-corrected chi connectivity index (χ2v) is 9.12. The van der Waals surface area contributed by atoms with Gasteiger partial charge in [-0.3, -0.25) is 18.7 Å². The van der Waals surface area contributed by atoms with Crippen molar-refractivity contribution in [1.29, 1.82) is 0 Å². The Balaban J connectivity index is 0.000000283. The number of esters is 2. The number of nitrogens with zero attached hydrogens (tertiary/aromatic N) is 4. The molecule has 0 amide bonds. The molecule has 1 unspecified atom stereocenters. The van der Waals surface area contributed by atoms with Crippen LogP contribution in [0.25, 0.3) is 11.2 Å². The number of carbonyl (C=O) groups excluding carboxylic acids is 2. The number of aromatic nitrogens is 4. The molecule has 2 aromatic heterocycles. The number of carbonyl (C=O) groups is 2. The molecule has 17 heteroatoms. The lowest BCUT2D eigenvalue weighted by atomic mass is 10.2. The van der Waals surface area contributed by atoms with Crippen LogP contribution in [-0.4, -0.2) is 86.6 Å². The third-order valence-electron chi connectivity index (χ3n) is 4.95. The lowest BCUT2D eigenvalue weighted by Gasteiger charge is -2.16. The van der Waals surface area contributed by atoms with Crippen LogP contribution in [0.1, 0.15) is 39.3 Å². The Morgan fingerprint density at radius 3 is 2.38 bits per heavy atom. The Morgan fingerprint density at radius 1 is 1.19 bits per heavy atom. The summed E-state index contributed by atoms with van der Waals surface area (Å²) in [7, 11) is -4.12. The highest BCUT2D eigenvalue weighted by Gasteiger charge is 2.37. The molecule has 1 fully saturated rings. The van der Waals surface area contributed by atoms with E-state index >= 15 is 0 Å². The molecule has 0 radical (unpaired) electrons. The fourth-order valence-corrected chi connectivity index (χ4v) is 3.63. The SMILES string of the molecule is CCOC(=O)CCNCCC(=O)OCC.Nc1ncnc2c1ncn2[C@H]1C[C@H](O)[C@@H](COP(N)(=O)O)O1. The van der Waals surface area contributed by atoms with Crippen molar-refractivity contribution in [3.63, 3.8) is 0 Å². The molecule has 3 heterocycles. The monoisotopic (exact) mass is 547 g/mol. The number of aliphatic hydroxyl groups is 1. The van der Waals surface area contributed by atoms with Crippen molar-refractivity contribution in [2.75, 3.05) is 38.6 Å². The third-order valence-corrected chi connectivity index (χ3v) is 5.47. The number of nitrogen functional groups attached to an aromatic ring is 1. The number of nitrogens with two attached hydrogens (primary N) is 2. The maximum Gasteiger partial charge on any atom is 0.400 e. The van der Waals surface area contributed by atoms with Gasteiger partial charge in [-0.15, -0.1) is 0 Å². The van der Waals surface area contributed by atoms with Gasteiger partial charge in [0.05, 0.1) is 45.1 Å². The summed E-state index contributed by atoms with van der Waals surface area (Å²) in [4.78, 5) is 42.7. The van der Waals surface area contributed by atoms with Gasteiger partial charge in [0.15, 0.2) is 11.5 Å². The first-order valence-corrected chi connectivity index (χ1v) is 13.2. The summed E-state index contributed by atoms with van der Waals surface area (Å²) >= 11 is 0. The molecular weight excluding hydrogens is 513 g/mol. The lowest BCUT2D eigenvalue weighted by Crippen LogP contribution is -2.26. The molecule has 1 saturated heterocycles. The lowest BCUT2D eigenvalue weighted by molar-refractivity contribution is -0.143. The summed E-state index contributed by atoms with van der Waals surface area (Å²) in [6.07, 6.45) is 1.46. The smallest absolute Gasteiger partial charge is 0.400 e. The van der Waals surface area contributed by atoms with Gasteiger partial charge in [0.25, 0.3) is 0 Å². The van der Waals surface area contributed by atoms with Crippen LogP contribution in [0, 0.1) is 0 Å². The van der Waals surface area contributed by atoms with E-state index in [0.717, 1.165) is 0 Å². The summed E-state index contributed by atoms with van der Waals surface area (Å²) in [5, 5.41) is 12.9. The molecular formula is C20H34N7O9P. The number of hydrogen-bond donors (Lipinski definition) is 5. The van der Waals surface area contributed by atoms with E-state index in [1.165, 1.54) is 12.7 Å². The highest BCUT2D eigenvalue weighted by atomic mass is 31.2. The average Bonchev–Trinajstić information content (AvgIpc) is 3.42. The Bertz CT molecular complexity index is 1040. The van der Waals surface area contributed by atoms with Crippen LogP contribution in [0.2, 0.25) is 0 Å². The van der Waals surface area contributed by atoms with Crippen molar-refractivity contribution in [2.24, 2.45) is 5.50 Å². The molecule has 4 atom stereocenters. The Hall–Kier alpha value is -2.72. The second kappa shape index (κ2) is 14.9. The first kappa shape index (κ1) is 30.5. The van der Waals surface area contributed by atoms with E-state index in [9.17, 15) is 19.3 Å². The fraction of sp³-hybridized carbons (Fsp3) is 0.650. The molecule has 0 saturated carbocycles. The molecule has 37 heavy (non-hydrogen) atoms. The standard InChI is InChI=1S/C10H15N6O5P.C10H19NO4/c11-9-8-10(14-3-13-9)16(4-15-8)7-1-5(17)6(21-7)2-20-22(12,18)19;1-3-14-9(12)5-7-11-8-6-10(13)15-4-2/h3-7,17H,1-2H2,(H2,11,13,14)(H3,12,18,19);11H,3-8H2,1-2H3/t5-,6+,7+;/m0./s1. The van der Waals surface area contributed by atoms with E-state index < -0.39 is 26.2 Å². The number of rotatable bonds is 12. The molecule has 0 aromatic carbocycles. The van der Waals surface area contributed by atoms with E-state index in [2.05, 4.69) is 24.8 Å². The number of ether oxygens (including phenoxy) is 3. The summed E-state index contributed by atoms with van der Waals surface area (Å²) < 4.78 is 32.2. The number of fused-ring (bicyclic) bond motifs is 1. The first-order chi connectivity index (χ1) is 17.6. The van der Waals surface area contributed by atoms with Gasteiger partial charge in [-0.05, 0) is 13.8 Å². The maximum absolute atomic E-state index is 10.9. The van der Waals surface area contributed by atoms with Gasteiger partial charge in [-0.1, -0.05) is 0 Å². The van der Waals surface area contributed by atoms with E-state index in [0.29, 0.717) is 50.3 Å². The summed E-state index contributed by atoms with van der Waals surface area (Å²) in [6, 6.07) is 0. The van der Waals surface area contributed by atoms with Gasteiger partial charge in [-0.2, -0.15) is 0 Å². The first-order valence-electron chi connectivity index (χ1n) is 11.6. The Morgan fingerprint density at radius 2 is 1.81 bits per heavy atom. The predicted molar refractivity (Wildman–Crippen MR) is 130 cm³/mol. The molecule has 208 valence electrons. The highest BCUT2D eigenvalue weighted by molar-refractivity contribution is 7.50. The zero-order valence-electron chi connectivity index (χ0n) is 20.7. The zero-order valence-corrected chi connectivity index (χ0v) is 21.6. The van der Waals surface area contributed by atoms with Crippen LogP contribution in [-0.2, 0) is 32.9 Å². The van der Waals surface area contributed by atoms with Crippen LogP contribution in [0.15, 0.2) is 12.7 Å². The molecule has 0 bridgehead atoms. The van der Waals surface area contributed by atoms with E-state index in [1.807, 2.05) is 0 Å². The number of hydrogen-bond acceptors (Lipinski definition) is 13. The summed E-state index contributed by atoms with van der Waals surface area (Å²) in [6.45, 7) is 5.10. The maximum atomic E-state index is 10.9. The van der Waals surface area contributed by atoms with Crippen LogP contribution >= 0.6 is 7.75 Å². The van der Waals surface area contributed by atoms with Crippen molar-refractivity contribution in [3.8, 4) is 0 Å². The van der Waals surface area contributed by atoms with Gasteiger partial charge in [0.2, 0.25) is 0 Å². The molecule has 0 aliphatic carbocycles. The van der Waals surface area contributed by atoms with E-state index in [1.54, 1.807) is 18.4 Å². The molecule has 1 aliphatic rings. The summed E-state index contributed by atoms with van der Waals surface area (Å²) in [5.41, 5.74) is 11.5. The predicted octanol–water partition coefficient (Wildman–Crippen LogP) is -0.385. The number of nitrogens with one attached hydrogen (secondary N) is 1. The molecule has 16 nitrogen and oxygen atoms in total. The van der Waals surface area contributed by atoms with Crippen molar-refractivity contribution in [3.05, 3.63) is 12.7 Å². The number of aliphatic hydroxyl groups excluding tert-OH is 1. The average molecular weight is 548 g/mol. The fourth-order valence-electron chi connectivity index (χ4n) is 3.27. The van der Waals surface area contributed by atoms with Crippen molar-refractivity contribution in [2.45, 2.75) is 51.5 Å². The minimum Gasteiger partial charge on any atom is -0.466 e. The topological polar surface area (TPSA) is 236 Å². The molecule has 2 aromatic rings. The summed E-state index contributed by atoms with van der Waals surface area (Å²) in [5.74, 6) is -0.200. The molecule has 1 aliphatic heterocycles. The minimum absolute atomic E-state index is 0.221. The second-order valence-electron chi connectivity index (χ2n) is 7.74. The Kier molecular flexibility index (Phi) is 12.3. The molecule has 7 N–H and O–H groups in total. The van der Waals surface area contributed by atoms with Gasteiger partial charge in [0, 0.05) is 19.5 Å². The minimum atomic E-state index is -4.12. The zero-order chi connectivity index (χ0) is 27.4. The van der Waals surface area contributed by atoms with Crippen molar-refractivity contribution in [1.82, 2.24) is 24.8 Å². The Labute approximate surface area is 213 Å². The molecule has 0 spiro atoms. The van der Waals surface area contributed by atoms with Crippen molar-refractivity contribution >= 4 is 36.7 Å². The van der Waals surface area contributed by atoms with Gasteiger partial charge in [-0.25, -0.2) is 25.0 Å². The number of anilines is 1. The van der Waals surface area contributed by atoms with Crippen LogP contribution in [0.3, 0.4) is 0 Å². The normalized spacial score (nSPS) is 20.6. The van der Waals surface area contributed by atoms with Crippen LogP contribution in [0.5, 0.6) is 0 Å². The van der Waals surface area contributed by atoms with E-state index in [-0.39, 0.29) is 30.8 Å². The van der Waals surface area contributed by atoms with Crippen LogP contribution < -0.4 is 16.6 Å². The molecule has 3 rings (SSSR count). The van der Waals surface area contributed by atoms with E-state index in [4.69, 9.17) is 30.3 Å². The van der Waals surface area contributed by atoms with Gasteiger partial charge < -0.3 is 35.3 Å². The quantitative estimate of drug-likeness (QED) is 0.129. The van der Waals surface area contributed by atoms with Gasteiger partial charge >= 0.3 is 19.7 Å².